The zero-order chi connectivity index (χ0) is 8.39. The molecule has 0 saturated heterocycles. The minimum absolute atomic E-state index is 0.220. The maximum atomic E-state index is 11.8. The molecule has 2 saturated carbocycles. The summed E-state index contributed by atoms with van der Waals surface area (Å²) in [5, 5.41) is 3.20. The molecule has 1 N–H and O–H groups in total. The Bertz CT molecular complexity index is 129. The topological polar surface area (TPSA) is 12.0 Å². The fourth-order valence-corrected chi connectivity index (χ4v) is 2.10. The van der Waals surface area contributed by atoms with Gasteiger partial charge < -0.3 is 5.32 Å². The lowest BCUT2D eigenvalue weighted by atomic mass is 9.98. The van der Waals surface area contributed by atoms with Gasteiger partial charge in [-0.15, -0.1) is 0 Å². The predicted molar refractivity (Wildman–Crippen MR) is 47.8 cm³/mol. The Labute approximate surface area is 73.7 Å². The number of nitrogens with one attached hydrogen (secondary N) is 1. The van der Waals surface area contributed by atoms with Gasteiger partial charge in [-0.05, 0) is 50.0 Å². The Kier molecular flexibility index (Phi) is 2.64. The third-order valence-corrected chi connectivity index (χ3v) is 3.11. The van der Waals surface area contributed by atoms with Gasteiger partial charge in [0.2, 0.25) is 0 Å². The first-order chi connectivity index (χ1) is 5.92. The van der Waals surface area contributed by atoms with Crippen molar-refractivity contribution in [3.8, 4) is 0 Å². The standard InChI is InChI=1S/C10H18FN/c11-5-6-12-7-10(8-1-2-8)9-3-4-9/h8-10,12H,1-7H2. The highest BCUT2D eigenvalue weighted by Gasteiger charge is 2.40. The van der Waals surface area contributed by atoms with Crippen molar-refractivity contribution < 1.29 is 4.39 Å². The number of rotatable bonds is 6. The van der Waals surface area contributed by atoms with Crippen LogP contribution in [-0.4, -0.2) is 19.8 Å². The molecule has 2 heteroatoms. The van der Waals surface area contributed by atoms with Crippen molar-refractivity contribution in [1.82, 2.24) is 5.32 Å². The summed E-state index contributed by atoms with van der Waals surface area (Å²) in [6.45, 7) is 1.40. The van der Waals surface area contributed by atoms with Gasteiger partial charge in [-0.3, -0.25) is 0 Å². The molecule has 0 aromatic carbocycles. The number of halogens is 1. The van der Waals surface area contributed by atoms with Gasteiger partial charge in [0.25, 0.3) is 0 Å². The molecule has 2 aliphatic carbocycles. The summed E-state index contributed by atoms with van der Waals surface area (Å²) in [5.74, 6) is 2.87. The molecule has 12 heavy (non-hydrogen) atoms. The van der Waals surface area contributed by atoms with Gasteiger partial charge in [-0.2, -0.15) is 0 Å². The maximum absolute atomic E-state index is 11.8. The second kappa shape index (κ2) is 3.73. The largest absolute Gasteiger partial charge is 0.314 e. The fourth-order valence-electron chi connectivity index (χ4n) is 2.10. The molecule has 0 aromatic rings. The molecule has 0 aliphatic heterocycles. The quantitative estimate of drug-likeness (QED) is 0.603. The first-order valence-electron chi connectivity index (χ1n) is 5.18. The molecule has 0 aromatic heterocycles. The second-order valence-electron chi connectivity index (χ2n) is 4.23. The van der Waals surface area contributed by atoms with Crippen LogP contribution in [0, 0.1) is 17.8 Å². The zero-order valence-corrected chi connectivity index (χ0v) is 7.56. The molecular weight excluding hydrogens is 153 g/mol. The van der Waals surface area contributed by atoms with E-state index in [2.05, 4.69) is 5.32 Å². The molecule has 0 spiro atoms. The van der Waals surface area contributed by atoms with Crippen molar-refractivity contribution in [2.75, 3.05) is 19.8 Å². The molecule has 0 amide bonds. The van der Waals surface area contributed by atoms with E-state index < -0.39 is 0 Å². The third-order valence-electron chi connectivity index (χ3n) is 3.11. The first kappa shape index (κ1) is 8.49. The van der Waals surface area contributed by atoms with E-state index in [-0.39, 0.29) is 6.67 Å². The normalized spacial score (nSPS) is 23.5. The summed E-state index contributed by atoms with van der Waals surface area (Å²) in [4.78, 5) is 0. The number of hydrogen-bond donors (Lipinski definition) is 1. The molecule has 0 radical (unpaired) electrons. The van der Waals surface area contributed by atoms with Crippen LogP contribution in [0.2, 0.25) is 0 Å². The Morgan fingerprint density at radius 2 is 1.75 bits per heavy atom. The average Bonchev–Trinajstić information content (AvgIpc) is 2.87. The molecule has 1 nitrogen and oxygen atoms in total. The van der Waals surface area contributed by atoms with E-state index in [1.165, 1.54) is 25.7 Å². The summed E-state index contributed by atoms with van der Waals surface area (Å²) in [7, 11) is 0. The van der Waals surface area contributed by atoms with Gasteiger partial charge in [-0.25, -0.2) is 4.39 Å². The lowest BCUT2D eigenvalue weighted by Crippen LogP contribution is -2.27. The maximum Gasteiger partial charge on any atom is 0.102 e. The molecule has 2 aliphatic rings. The Morgan fingerprint density at radius 1 is 1.17 bits per heavy atom. The van der Waals surface area contributed by atoms with E-state index in [1.807, 2.05) is 0 Å². The highest BCUT2D eigenvalue weighted by molar-refractivity contribution is 4.92. The van der Waals surface area contributed by atoms with Crippen LogP contribution in [0.1, 0.15) is 25.7 Å². The van der Waals surface area contributed by atoms with Crippen molar-refractivity contribution in [1.29, 1.82) is 0 Å². The minimum Gasteiger partial charge on any atom is -0.314 e. The van der Waals surface area contributed by atoms with Crippen molar-refractivity contribution in [2.45, 2.75) is 25.7 Å². The van der Waals surface area contributed by atoms with E-state index in [1.54, 1.807) is 0 Å². The highest BCUT2D eigenvalue weighted by Crippen LogP contribution is 2.48. The summed E-state index contributed by atoms with van der Waals surface area (Å²) in [5.41, 5.74) is 0. The van der Waals surface area contributed by atoms with Gasteiger partial charge in [0.15, 0.2) is 0 Å². The summed E-state index contributed by atoms with van der Waals surface area (Å²) in [6.07, 6.45) is 5.72. The van der Waals surface area contributed by atoms with Gasteiger partial charge in [0.05, 0.1) is 0 Å². The van der Waals surface area contributed by atoms with Crippen LogP contribution < -0.4 is 5.32 Å². The molecule has 2 rings (SSSR count). The molecule has 0 atom stereocenters. The van der Waals surface area contributed by atoms with Crippen molar-refractivity contribution in [3.63, 3.8) is 0 Å². The Morgan fingerprint density at radius 3 is 2.17 bits per heavy atom. The van der Waals surface area contributed by atoms with Crippen LogP contribution in [0.25, 0.3) is 0 Å². The molecule has 0 unspecified atom stereocenters. The Balaban J connectivity index is 1.66. The minimum atomic E-state index is -0.220. The van der Waals surface area contributed by atoms with E-state index >= 15 is 0 Å². The lowest BCUT2D eigenvalue weighted by molar-refractivity contribution is 0.365. The van der Waals surface area contributed by atoms with Gasteiger partial charge >= 0.3 is 0 Å². The van der Waals surface area contributed by atoms with Gasteiger partial charge in [0, 0.05) is 6.54 Å². The predicted octanol–water partition coefficient (Wildman–Crippen LogP) is 1.98. The van der Waals surface area contributed by atoms with Crippen LogP contribution >= 0.6 is 0 Å². The molecule has 2 fully saturated rings. The van der Waals surface area contributed by atoms with Crippen LogP contribution in [0.4, 0.5) is 4.39 Å². The fraction of sp³-hybridized carbons (Fsp3) is 1.00. The summed E-state index contributed by atoms with van der Waals surface area (Å²) >= 11 is 0. The van der Waals surface area contributed by atoms with Crippen LogP contribution in [0.5, 0.6) is 0 Å². The van der Waals surface area contributed by atoms with E-state index in [4.69, 9.17) is 0 Å². The highest BCUT2D eigenvalue weighted by atomic mass is 19.1. The van der Waals surface area contributed by atoms with Crippen LogP contribution in [-0.2, 0) is 0 Å². The monoisotopic (exact) mass is 171 g/mol. The van der Waals surface area contributed by atoms with Crippen molar-refractivity contribution in [3.05, 3.63) is 0 Å². The van der Waals surface area contributed by atoms with E-state index in [0.717, 1.165) is 24.3 Å². The van der Waals surface area contributed by atoms with E-state index in [0.29, 0.717) is 6.54 Å². The van der Waals surface area contributed by atoms with Crippen molar-refractivity contribution >= 4 is 0 Å². The van der Waals surface area contributed by atoms with Gasteiger partial charge in [-0.1, -0.05) is 0 Å². The lowest BCUT2D eigenvalue weighted by Gasteiger charge is -2.15. The zero-order valence-electron chi connectivity index (χ0n) is 7.56. The molecular formula is C10H18FN. The second-order valence-corrected chi connectivity index (χ2v) is 4.23. The summed E-state index contributed by atoms with van der Waals surface area (Å²) < 4.78 is 11.8. The Hall–Kier alpha value is -0.110. The van der Waals surface area contributed by atoms with Gasteiger partial charge in [0.1, 0.15) is 6.67 Å². The third kappa shape index (κ3) is 2.19. The van der Waals surface area contributed by atoms with Crippen LogP contribution in [0.3, 0.4) is 0 Å². The number of alkyl halides is 1. The first-order valence-corrected chi connectivity index (χ1v) is 5.18. The molecule has 70 valence electrons. The smallest absolute Gasteiger partial charge is 0.102 e. The summed E-state index contributed by atoms with van der Waals surface area (Å²) in [6, 6.07) is 0. The van der Waals surface area contributed by atoms with E-state index in [9.17, 15) is 4.39 Å². The van der Waals surface area contributed by atoms with Crippen LogP contribution in [0.15, 0.2) is 0 Å². The molecule has 0 heterocycles. The SMILES string of the molecule is FCCNCC(C1CC1)C1CC1. The molecule has 0 bridgehead atoms. The average molecular weight is 171 g/mol. The number of hydrogen-bond acceptors (Lipinski definition) is 1. The van der Waals surface area contributed by atoms with Crippen molar-refractivity contribution in [2.24, 2.45) is 17.8 Å².